The molecule has 2 nitrogen and oxygen atoms in total. The van der Waals surface area contributed by atoms with Crippen molar-refractivity contribution >= 4 is 50.4 Å². The van der Waals surface area contributed by atoms with Gasteiger partial charge in [-0.15, -0.1) is 11.3 Å². The summed E-state index contributed by atoms with van der Waals surface area (Å²) in [5, 5.41) is 0. The lowest BCUT2D eigenvalue weighted by molar-refractivity contribution is 0.596. The maximum Gasteiger partial charge on any atom is 0.207 e. The van der Waals surface area contributed by atoms with Crippen LogP contribution < -0.4 is 5.46 Å². The molecule has 0 amide bonds. The lowest BCUT2D eigenvalue weighted by Gasteiger charge is -2.06. The van der Waals surface area contributed by atoms with Gasteiger partial charge in [-0.25, -0.2) is 8.42 Å². The Morgan fingerprint density at radius 1 is 1.11 bits per heavy atom. The van der Waals surface area contributed by atoms with E-state index in [4.69, 9.17) is 0 Å². The number of thiophene rings is 1. The molecule has 0 saturated heterocycles. The van der Waals surface area contributed by atoms with E-state index in [1.54, 1.807) is 24.3 Å². The topological polar surface area (TPSA) is 34.1 Å². The van der Waals surface area contributed by atoms with Crippen molar-refractivity contribution in [2.45, 2.75) is 23.6 Å². The fourth-order valence-electron chi connectivity index (χ4n) is 1.90. The van der Waals surface area contributed by atoms with Crippen LogP contribution in [0.3, 0.4) is 0 Å². The normalized spacial score (nSPS) is 11.7. The molecule has 0 unspecified atom stereocenters. The predicted octanol–water partition coefficient (Wildman–Crippen LogP) is 2.22. The first-order chi connectivity index (χ1) is 8.34. The first-order valence-electron chi connectivity index (χ1n) is 5.41. The van der Waals surface area contributed by atoms with Crippen molar-refractivity contribution in [1.29, 1.82) is 0 Å². The molecule has 1 aromatic heterocycles. The zero-order valence-electron chi connectivity index (χ0n) is 10.3. The van der Waals surface area contributed by atoms with Gasteiger partial charge in [-0.05, 0) is 43.0 Å². The van der Waals surface area contributed by atoms with Gasteiger partial charge in [0.2, 0.25) is 9.84 Å². The molecule has 0 radical (unpaired) electrons. The number of benzene rings is 1. The average molecular weight is 343 g/mol. The Kier molecular flexibility index (Phi) is 3.71. The maximum atomic E-state index is 12.6. The van der Waals surface area contributed by atoms with E-state index in [9.17, 15) is 8.42 Å². The van der Waals surface area contributed by atoms with Crippen LogP contribution in [0.15, 0.2) is 38.5 Å². The lowest BCUT2D eigenvalue weighted by Crippen LogP contribution is -2.15. The molecule has 94 valence electrons. The Morgan fingerprint density at radius 3 is 2.11 bits per heavy atom. The number of hydrogen-bond donors (Lipinski definition) is 0. The summed E-state index contributed by atoms with van der Waals surface area (Å²) >= 11 is 4.84. The molecule has 0 aliphatic heterocycles. The molecule has 2 aromatic rings. The molecule has 1 heterocycles. The SMILES string of the molecule is Bc1c(C)sc(C)c1S(=O)(=O)c1ccc(Br)cc1. The fraction of sp³-hybridized carbons (Fsp3) is 0.167. The van der Waals surface area contributed by atoms with Gasteiger partial charge < -0.3 is 0 Å². The Bertz CT molecular complexity index is 688. The third-order valence-electron chi connectivity index (χ3n) is 2.89. The fourth-order valence-corrected chi connectivity index (χ4v) is 5.31. The average Bonchev–Trinajstić information content (AvgIpc) is 2.54. The smallest absolute Gasteiger partial charge is 0.207 e. The highest BCUT2D eigenvalue weighted by molar-refractivity contribution is 9.10. The Balaban J connectivity index is 2.65. The number of halogens is 1. The van der Waals surface area contributed by atoms with Crippen LogP contribution in [0.25, 0.3) is 0 Å². The van der Waals surface area contributed by atoms with Gasteiger partial charge in [-0.3, -0.25) is 0 Å². The predicted molar refractivity (Wildman–Crippen MR) is 81.6 cm³/mol. The molecule has 0 atom stereocenters. The van der Waals surface area contributed by atoms with Crippen molar-refractivity contribution in [2.75, 3.05) is 0 Å². The largest absolute Gasteiger partial charge is 0.218 e. The zero-order valence-corrected chi connectivity index (χ0v) is 13.5. The van der Waals surface area contributed by atoms with Crippen molar-refractivity contribution in [3.05, 3.63) is 38.5 Å². The summed E-state index contributed by atoms with van der Waals surface area (Å²) in [5.41, 5.74) is 0.861. The van der Waals surface area contributed by atoms with Gasteiger partial charge >= 0.3 is 0 Å². The van der Waals surface area contributed by atoms with Crippen LogP contribution in [0.4, 0.5) is 0 Å². The molecular weight excluding hydrogens is 331 g/mol. The van der Waals surface area contributed by atoms with Crippen LogP contribution in [-0.2, 0) is 9.84 Å². The van der Waals surface area contributed by atoms with Gasteiger partial charge in [0.25, 0.3) is 0 Å². The van der Waals surface area contributed by atoms with E-state index in [1.807, 2.05) is 21.7 Å². The zero-order chi connectivity index (χ0) is 13.5. The molecular formula is C12H12BBrO2S2. The third kappa shape index (κ3) is 2.29. The summed E-state index contributed by atoms with van der Waals surface area (Å²) in [5.74, 6) is 0. The Morgan fingerprint density at radius 2 is 1.67 bits per heavy atom. The minimum absolute atomic E-state index is 0.342. The molecule has 0 bridgehead atoms. The number of sulfone groups is 1. The highest BCUT2D eigenvalue weighted by Gasteiger charge is 2.24. The molecule has 0 saturated carbocycles. The van der Waals surface area contributed by atoms with Crippen molar-refractivity contribution in [3.8, 4) is 0 Å². The summed E-state index contributed by atoms with van der Waals surface area (Å²) in [7, 11) is -1.54. The van der Waals surface area contributed by atoms with E-state index in [-0.39, 0.29) is 0 Å². The first kappa shape index (κ1) is 13.8. The Hall–Kier alpha value is -0.585. The van der Waals surface area contributed by atoms with Crippen LogP contribution >= 0.6 is 27.3 Å². The standard InChI is InChI=1S/C12H12BBrO2S2/c1-7-11(13)12(8(2)17-7)18(15,16)10-5-3-9(14)4-6-10/h3-6H,13H2,1-2H3. The van der Waals surface area contributed by atoms with Gasteiger partial charge in [-0.2, -0.15) is 0 Å². The van der Waals surface area contributed by atoms with E-state index in [0.29, 0.717) is 9.79 Å². The van der Waals surface area contributed by atoms with Crippen LogP contribution in [0.2, 0.25) is 0 Å². The summed E-state index contributed by atoms with van der Waals surface area (Å²) in [6, 6.07) is 6.75. The second-order valence-electron chi connectivity index (χ2n) is 4.13. The molecule has 6 heteroatoms. The minimum atomic E-state index is -3.41. The van der Waals surface area contributed by atoms with Crippen LogP contribution in [-0.4, -0.2) is 16.3 Å². The van der Waals surface area contributed by atoms with E-state index in [0.717, 1.165) is 19.7 Å². The number of aryl methyl sites for hydroxylation is 2. The summed E-state index contributed by atoms with van der Waals surface area (Å²) in [4.78, 5) is 2.72. The molecule has 18 heavy (non-hydrogen) atoms. The van der Waals surface area contributed by atoms with Crippen molar-refractivity contribution < 1.29 is 8.42 Å². The van der Waals surface area contributed by atoms with Crippen molar-refractivity contribution in [2.24, 2.45) is 0 Å². The van der Waals surface area contributed by atoms with Crippen LogP contribution in [0, 0.1) is 13.8 Å². The van der Waals surface area contributed by atoms with Gasteiger partial charge in [0.15, 0.2) is 0 Å². The van der Waals surface area contributed by atoms with Gasteiger partial charge in [0.05, 0.1) is 9.79 Å². The van der Waals surface area contributed by atoms with E-state index >= 15 is 0 Å². The second-order valence-corrected chi connectivity index (χ2v) is 8.36. The number of hydrogen-bond acceptors (Lipinski definition) is 3. The molecule has 0 aliphatic carbocycles. The molecule has 0 spiro atoms. The number of rotatable bonds is 2. The summed E-state index contributed by atoms with van der Waals surface area (Å²) in [6.07, 6.45) is 0. The van der Waals surface area contributed by atoms with E-state index in [1.165, 1.54) is 11.3 Å². The first-order valence-corrected chi connectivity index (χ1v) is 8.50. The van der Waals surface area contributed by atoms with E-state index < -0.39 is 9.84 Å². The second kappa shape index (κ2) is 4.83. The highest BCUT2D eigenvalue weighted by Crippen LogP contribution is 2.28. The van der Waals surface area contributed by atoms with Crippen LogP contribution in [0.1, 0.15) is 9.75 Å². The van der Waals surface area contributed by atoms with E-state index in [2.05, 4.69) is 15.9 Å². The van der Waals surface area contributed by atoms with Gasteiger partial charge in [-0.1, -0.05) is 21.4 Å². The Labute approximate surface area is 121 Å². The third-order valence-corrected chi connectivity index (χ3v) is 6.71. The summed E-state index contributed by atoms with van der Waals surface area (Å²) in [6.45, 7) is 3.81. The minimum Gasteiger partial charge on any atom is -0.218 e. The van der Waals surface area contributed by atoms with Gasteiger partial charge in [0.1, 0.15) is 7.85 Å². The quantitative estimate of drug-likeness (QED) is 0.784. The molecule has 0 aliphatic rings. The lowest BCUT2D eigenvalue weighted by atomic mass is 9.97. The van der Waals surface area contributed by atoms with Gasteiger partial charge in [0, 0.05) is 9.35 Å². The monoisotopic (exact) mass is 342 g/mol. The van der Waals surface area contributed by atoms with Crippen molar-refractivity contribution in [3.63, 3.8) is 0 Å². The van der Waals surface area contributed by atoms with Crippen LogP contribution in [0.5, 0.6) is 0 Å². The summed E-state index contributed by atoms with van der Waals surface area (Å²) < 4.78 is 26.1. The molecule has 1 aromatic carbocycles. The molecule has 0 N–H and O–H groups in total. The highest BCUT2D eigenvalue weighted by atomic mass is 79.9. The molecule has 0 fully saturated rings. The molecule has 2 rings (SSSR count). The van der Waals surface area contributed by atoms with Crippen molar-refractivity contribution in [1.82, 2.24) is 0 Å². The maximum absolute atomic E-state index is 12.6.